The molecular weight excluding hydrogens is 308 g/mol. The van der Waals surface area contributed by atoms with Crippen molar-refractivity contribution in [3.63, 3.8) is 0 Å². The minimum absolute atomic E-state index is 0.190. The molecule has 0 heterocycles. The lowest BCUT2D eigenvalue weighted by atomic mass is 10.2. The van der Waals surface area contributed by atoms with Crippen LogP contribution in [0.3, 0.4) is 0 Å². The second-order valence-electron chi connectivity index (χ2n) is 4.91. The van der Waals surface area contributed by atoms with Gasteiger partial charge in [0.1, 0.15) is 0 Å². The Hall–Kier alpha value is -1.56. The number of hydrogen-bond donors (Lipinski definition) is 1. The molecule has 0 saturated carbocycles. The average Bonchev–Trinajstić information content (AvgIpc) is 2.41. The van der Waals surface area contributed by atoms with Crippen molar-refractivity contribution in [2.24, 2.45) is 0 Å². The molecular formula is C15H17ClN2O2S. The Morgan fingerprint density at radius 2 is 1.90 bits per heavy atom. The standard InChI is InChI=1S/C15H17ClN2O2S/c1-11-6-7-14(9-15(11)17)21(19,20)18(2)10-12-4-3-5-13(16)8-12/h3-9H,10,17H2,1-2H3. The second-order valence-corrected chi connectivity index (χ2v) is 7.39. The fourth-order valence-corrected chi connectivity index (χ4v) is 3.34. The Morgan fingerprint density at radius 3 is 2.52 bits per heavy atom. The van der Waals surface area contributed by atoms with Crippen LogP contribution in [0.1, 0.15) is 11.1 Å². The Balaban J connectivity index is 2.28. The zero-order valence-electron chi connectivity index (χ0n) is 11.9. The Morgan fingerprint density at radius 1 is 1.19 bits per heavy atom. The van der Waals surface area contributed by atoms with Gasteiger partial charge in [-0.1, -0.05) is 29.8 Å². The molecule has 0 saturated heterocycles. The first-order chi connectivity index (χ1) is 9.80. The highest BCUT2D eigenvalue weighted by molar-refractivity contribution is 7.89. The van der Waals surface area contributed by atoms with Crippen LogP contribution in [0.25, 0.3) is 0 Å². The molecule has 0 bridgehead atoms. The van der Waals surface area contributed by atoms with E-state index in [1.807, 2.05) is 13.0 Å². The number of anilines is 1. The van der Waals surface area contributed by atoms with Gasteiger partial charge >= 0.3 is 0 Å². The monoisotopic (exact) mass is 324 g/mol. The van der Waals surface area contributed by atoms with Gasteiger partial charge in [-0.2, -0.15) is 4.31 Å². The van der Waals surface area contributed by atoms with Crippen LogP contribution in [0.4, 0.5) is 5.69 Å². The smallest absolute Gasteiger partial charge is 0.243 e. The van der Waals surface area contributed by atoms with Crippen LogP contribution in [0.15, 0.2) is 47.4 Å². The first-order valence-corrected chi connectivity index (χ1v) is 8.19. The van der Waals surface area contributed by atoms with E-state index in [-0.39, 0.29) is 11.4 Å². The summed E-state index contributed by atoms with van der Waals surface area (Å²) in [4.78, 5) is 0.190. The average molecular weight is 325 g/mol. The lowest BCUT2D eigenvalue weighted by Gasteiger charge is -2.18. The first-order valence-electron chi connectivity index (χ1n) is 6.37. The van der Waals surface area contributed by atoms with E-state index in [9.17, 15) is 8.42 Å². The maximum Gasteiger partial charge on any atom is 0.243 e. The van der Waals surface area contributed by atoms with Crippen LogP contribution in [0.2, 0.25) is 5.02 Å². The molecule has 0 unspecified atom stereocenters. The molecule has 2 rings (SSSR count). The molecule has 0 aliphatic carbocycles. The quantitative estimate of drug-likeness (QED) is 0.879. The highest BCUT2D eigenvalue weighted by Gasteiger charge is 2.21. The van der Waals surface area contributed by atoms with Crippen molar-refractivity contribution in [2.75, 3.05) is 12.8 Å². The summed E-state index contributed by atoms with van der Waals surface area (Å²) in [5.41, 5.74) is 7.94. The molecule has 0 amide bonds. The van der Waals surface area contributed by atoms with Gasteiger partial charge in [0.25, 0.3) is 0 Å². The minimum Gasteiger partial charge on any atom is -0.398 e. The number of aryl methyl sites for hydroxylation is 1. The Kier molecular flexibility index (Phi) is 4.56. The Labute approximate surface area is 130 Å². The molecule has 6 heteroatoms. The van der Waals surface area contributed by atoms with E-state index >= 15 is 0 Å². The van der Waals surface area contributed by atoms with Gasteiger partial charge in [0.2, 0.25) is 10.0 Å². The molecule has 0 atom stereocenters. The van der Waals surface area contributed by atoms with Gasteiger partial charge < -0.3 is 5.73 Å². The topological polar surface area (TPSA) is 63.4 Å². The summed E-state index contributed by atoms with van der Waals surface area (Å²) in [7, 11) is -2.05. The molecule has 0 aliphatic heterocycles. The molecule has 0 fully saturated rings. The number of nitrogens with two attached hydrogens (primary N) is 1. The minimum atomic E-state index is -3.58. The van der Waals surface area contributed by atoms with Crippen molar-refractivity contribution in [2.45, 2.75) is 18.4 Å². The summed E-state index contributed by atoms with van der Waals surface area (Å²) in [5, 5.41) is 0.581. The maximum absolute atomic E-state index is 12.5. The fourth-order valence-electron chi connectivity index (χ4n) is 1.94. The summed E-state index contributed by atoms with van der Waals surface area (Å²) >= 11 is 5.91. The third kappa shape index (κ3) is 3.56. The molecule has 2 aromatic rings. The van der Waals surface area contributed by atoms with Crippen LogP contribution in [0, 0.1) is 6.92 Å². The maximum atomic E-state index is 12.5. The molecule has 0 spiro atoms. The predicted molar refractivity (Wildman–Crippen MR) is 85.7 cm³/mol. The third-order valence-electron chi connectivity index (χ3n) is 3.25. The van der Waals surface area contributed by atoms with Crippen molar-refractivity contribution in [1.82, 2.24) is 4.31 Å². The number of benzene rings is 2. The van der Waals surface area contributed by atoms with Crippen LogP contribution in [0.5, 0.6) is 0 Å². The fraction of sp³-hybridized carbons (Fsp3) is 0.200. The molecule has 2 N–H and O–H groups in total. The van der Waals surface area contributed by atoms with Crippen LogP contribution < -0.4 is 5.73 Å². The lowest BCUT2D eigenvalue weighted by Crippen LogP contribution is -2.26. The van der Waals surface area contributed by atoms with Gasteiger partial charge in [-0.3, -0.25) is 0 Å². The van der Waals surface area contributed by atoms with Crippen molar-refractivity contribution in [1.29, 1.82) is 0 Å². The van der Waals surface area contributed by atoms with E-state index in [0.29, 0.717) is 10.7 Å². The van der Waals surface area contributed by atoms with Gasteiger partial charge in [-0.05, 0) is 42.3 Å². The normalized spacial score (nSPS) is 11.8. The van der Waals surface area contributed by atoms with Crippen LogP contribution >= 0.6 is 11.6 Å². The zero-order valence-corrected chi connectivity index (χ0v) is 13.4. The van der Waals surface area contributed by atoms with Gasteiger partial charge in [-0.15, -0.1) is 0 Å². The number of halogens is 1. The van der Waals surface area contributed by atoms with Crippen molar-refractivity contribution >= 4 is 27.3 Å². The van der Waals surface area contributed by atoms with Gasteiger partial charge in [0, 0.05) is 24.3 Å². The van der Waals surface area contributed by atoms with E-state index < -0.39 is 10.0 Å². The number of nitrogen functional groups attached to an aromatic ring is 1. The summed E-state index contributed by atoms with van der Waals surface area (Å²) in [5.74, 6) is 0. The van der Waals surface area contributed by atoms with E-state index in [0.717, 1.165) is 11.1 Å². The van der Waals surface area contributed by atoms with E-state index in [1.165, 1.54) is 17.4 Å². The largest absolute Gasteiger partial charge is 0.398 e. The summed E-state index contributed by atoms with van der Waals surface area (Å²) < 4.78 is 26.3. The first kappa shape index (κ1) is 15.8. The Bertz CT molecular complexity index is 760. The zero-order chi connectivity index (χ0) is 15.6. The molecule has 2 aromatic carbocycles. The highest BCUT2D eigenvalue weighted by atomic mass is 35.5. The van der Waals surface area contributed by atoms with Crippen molar-refractivity contribution < 1.29 is 8.42 Å². The van der Waals surface area contributed by atoms with Crippen LogP contribution in [-0.4, -0.2) is 19.8 Å². The molecule has 0 aliphatic rings. The lowest BCUT2D eigenvalue weighted by molar-refractivity contribution is 0.467. The van der Waals surface area contributed by atoms with Gasteiger partial charge in [0.15, 0.2) is 0 Å². The molecule has 112 valence electrons. The summed E-state index contributed by atoms with van der Waals surface area (Å²) in [6.07, 6.45) is 0. The van der Waals surface area contributed by atoms with E-state index in [1.54, 1.807) is 30.3 Å². The van der Waals surface area contributed by atoms with E-state index in [2.05, 4.69) is 0 Å². The molecule has 21 heavy (non-hydrogen) atoms. The second kappa shape index (κ2) is 6.05. The van der Waals surface area contributed by atoms with Gasteiger partial charge in [-0.25, -0.2) is 8.42 Å². The number of nitrogens with zero attached hydrogens (tertiary/aromatic N) is 1. The van der Waals surface area contributed by atoms with Crippen molar-refractivity contribution in [3.8, 4) is 0 Å². The number of sulfonamides is 1. The molecule has 0 aromatic heterocycles. The summed E-state index contributed by atoms with van der Waals surface area (Å²) in [6, 6.07) is 11.9. The van der Waals surface area contributed by atoms with E-state index in [4.69, 9.17) is 17.3 Å². The predicted octanol–water partition coefficient (Wildman–Crippen LogP) is 3.05. The SMILES string of the molecule is Cc1ccc(S(=O)(=O)N(C)Cc2cccc(Cl)c2)cc1N. The third-order valence-corrected chi connectivity index (χ3v) is 5.29. The van der Waals surface area contributed by atoms with Gasteiger partial charge in [0.05, 0.1) is 4.90 Å². The number of rotatable bonds is 4. The summed E-state index contributed by atoms with van der Waals surface area (Å²) in [6.45, 7) is 2.08. The molecule has 0 radical (unpaired) electrons. The molecule has 4 nitrogen and oxygen atoms in total. The highest BCUT2D eigenvalue weighted by Crippen LogP contribution is 2.22. The van der Waals surface area contributed by atoms with Crippen molar-refractivity contribution in [3.05, 3.63) is 58.6 Å². The number of hydrogen-bond acceptors (Lipinski definition) is 3. The van der Waals surface area contributed by atoms with Crippen LogP contribution in [-0.2, 0) is 16.6 Å².